The normalized spacial score (nSPS) is 19.4. The molecule has 0 fully saturated rings. The Kier molecular flexibility index (Phi) is 3.72. The first-order chi connectivity index (χ1) is 15.2. The maximum Gasteiger partial charge on any atom is 0.323 e. The number of nitrogens with zero attached hydrogens (tertiary/aromatic N) is 3. The lowest BCUT2D eigenvalue weighted by atomic mass is 9.53. The minimum absolute atomic E-state index is 0.173. The molecule has 158 valence electrons. The third-order valence-electron chi connectivity index (χ3n) is 6.21. The molecule has 3 aliphatic carbocycles. The lowest BCUT2D eigenvalue weighted by Crippen LogP contribution is -2.48. The molecule has 3 aromatic carbocycles. The first kappa shape index (κ1) is 19.3. The quantitative estimate of drug-likeness (QED) is 0.481. The maximum atomic E-state index is 12.9. The summed E-state index contributed by atoms with van der Waals surface area (Å²) < 4.78 is 0. The number of nitro benzene ring substituents is 3. The Morgan fingerprint density at radius 1 is 0.688 bits per heavy atom. The molecule has 0 spiro atoms. The van der Waals surface area contributed by atoms with Crippen molar-refractivity contribution >= 4 is 23.0 Å². The van der Waals surface area contributed by atoms with E-state index in [4.69, 9.17) is 0 Å². The van der Waals surface area contributed by atoms with Crippen molar-refractivity contribution < 1.29 is 24.7 Å². The first-order valence-corrected chi connectivity index (χ1v) is 9.27. The van der Waals surface area contributed by atoms with Crippen molar-refractivity contribution in [1.29, 1.82) is 0 Å². The van der Waals surface area contributed by atoms with Crippen LogP contribution in [0.2, 0.25) is 0 Å². The third-order valence-corrected chi connectivity index (χ3v) is 6.21. The Hall–Kier alpha value is -4.67. The van der Waals surface area contributed by atoms with Gasteiger partial charge in [0.2, 0.25) is 0 Å². The molecule has 1 N–H and O–H groups in total. The molecule has 0 amide bonds. The lowest BCUT2D eigenvalue weighted by Gasteiger charge is -2.47. The highest BCUT2D eigenvalue weighted by molar-refractivity contribution is 5.97. The number of nitro groups is 3. The monoisotopic (exact) mass is 433 g/mol. The molecular weight excluding hydrogens is 422 g/mol. The maximum absolute atomic E-state index is 12.9. The number of carbonyl (C=O) groups is 1. The van der Waals surface area contributed by atoms with Crippen LogP contribution in [-0.2, 0) is 10.2 Å². The van der Waals surface area contributed by atoms with Crippen molar-refractivity contribution in [1.82, 2.24) is 0 Å². The Balaban J connectivity index is 1.95. The van der Waals surface area contributed by atoms with Gasteiger partial charge in [0.15, 0.2) is 0 Å². The van der Waals surface area contributed by atoms with Crippen LogP contribution >= 0.6 is 0 Å². The smallest absolute Gasteiger partial charge is 0.323 e. The number of benzene rings is 3. The van der Waals surface area contributed by atoms with Crippen LogP contribution in [-0.4, -0.2) is 25.8 Å². The number of hydrogen-bond acceptors (Lipinski definition) is 7. The predicted molar refractivity (Wildman–Crippen MR) is 108 cm³/mol. The molecular formula is C21H11N3O8. The summed E-state index contributed by atoms with van der Waals surface area (Å²) in [6.07, 6.45) is 0. The molecule has 32 heavy (non-hydrogen) atoms. The van der Waals surface area contributed by atoms with Crippen molar-refractivity contribution in [2.75, 3.05) is 0 Å². The van der Waals surface area contributed by atoms with E-state index in [2.05, 4.69) is 0 Å². The Morgan fingerprint density at radius 3 is 1.56 bits per heavy atom. The molecule has 0 radical (unpaired) electrons. The second-order valence-electron chi connectivity index (χ2n) is 7.57. The van der Waals surface area contributed by atoms with Crippen LogP contribution in [0.1, 0.15) is 39.3 Å². The topological polar surface area (TPSA) is 167 Å². The SMILES string of the molecule is O=C(O)C12c3ccc([N+](=O)[O-])cc3C(c3cc([N+](=O)[O-])ccc31)c1ccc([N+](=O)[O-])cc12. The molecule has 6 rings (SSSR count). The summed E-state index contributed by atoms with van der Waals surface area (Å²) in [6, 6.07) is 11.4. The van der Waals surface area contributed by atoms with E-state index in [1.165, 1.54) is 54.6 Å². The first-order valence-electron chi connectivity index (χ1n) is 9.27. The van der Waals surface area contributed by atoms with Gasteiger partial charge in [0.1, 0.15) is 5.41 Å². The number of carboxylic acids is 1. The predicted octanol–water partition coefficient (Wildman–Crippen LogP) is 3.64. The van der Waals surface area contributed by atoms with E-state index in [-0.39, 0.29) is 33.8 Å². The zero-order valence-corrected chi connectivity index (χ0v) is 15.9. The number of carboxylic acid groups (broad SMARTS) is 1. The molecule has 0 aliphatic heterocycles. The minimum atomic E-state index is -1.91. The van der Waals surface area contributed by atoms with Crippen LogP contribution in [0.15, 0.2) is 54.6 Å². The summed E-state index contributed by atoms with van der Waals surface area (Å²) in [7, 11) is 0. The highest BCUT2D eigenvalue weighted by atomic mass is 16.6. The van der Waals surface area contributed by atoms with Crippen molar-refractivity contribution in [3.05, 3.63) is 118 Å². The second kappa shape index (κ2) is 6.17. The van der Waals surface area contributed by atoms with Crippen LogP contribution in [0.4, 0.5) is 17.1 Å². The molecule has 0 saturated heterocycles. The largest absolute Gasteiger partial charge is 0.480 e. The summed E-state index contributed by atoms with van der Waals surface area (Å²) in [5.41, 5.74) is -1.00. The molecule has 0 aromatic heterocycles. The Morgan fingerprint density at radius 2 is 1.12 bits per heavy atom. The molecule has 0 unspecified atom stereocenters. The molecule has 2 bridgehead atoms. The van der Waals surface area contributed by atoms with Gasteiger partial charge in [-0.2, -0.15) is 0 Å². The van der Waals surface area contributed by atoms with Crippen LogP contribution in [0, 0.1) is 30.3 Å². The number of non-ortho nitro benzene ring substituents is 3. The number of rotatable bonds is 4. The average Bonchev–Trinajstić information content (AvgIpc) is 2.77. The number of hydrogen-bond donors (Lipinski definition) is 1. The van der Waals surface area contributed by atoms with Gasteiger partial charge in [-0.3, -0.25) is 35.1 Å². The fraction of sp³-hybridized carbons (Fsp3) is 0.0952. The van der Waals surface area contributed by atoms with Crippen molar-refractivity contribution in [2.24, 2.45) is 0 Å². The average molecular weight is 433 g/mol. The van der Waals surface area contributed by atoms with Crippen molar-refractivity contribution in [2.45, 2.75) is 11.3 Å². The molecule has 11 heteroatoms. The standard InChI is InChI=1S/C21H11N3O8/c25-20(26)21-16-5-2-10(22(27)28)7-14(16)19(13-4-1-12(24(31)32)9-18(13)21)15-8-11(23(29)30)3-6-17(15)21/h1-9,19H,(H,25,26). The fourth-order valence-electron chi connectivity index (χ4n) is 5.01. The second-order valence-corrected chi connectivity index (χ2v) is 7.57. The van der Waals surface area contributed by atoms with Gasteiger partial charge in [0.25, 0.3) is 17.1 Å². The molecule has 0 atom stereocenters. The van der Waals surface area contributed by atoms with Gasteiger partial charge in [-0.15, -0.1) is 0 Å². The molecule has 0 saturated carbocycles. The number of aliphatic carboxylic acids is 1. The van der Waals surface area contributed by atoms with E-state index in [1.807, 2.05) is 0 Å². The molecule has 3 aromatic rings. The van der Waals surface area contributed by atoms with Gasteiger partial charge < -0.3 is 5.11 Å². The molecule has 3 aliphatic rings. The Bertz CT molecular complexity index is 1350. The van der Waals surface area contributed by atoms with Gasteiger partial charge in [0.05, 0.1) is 14.8 Å². The van der Waals surface area contributed by atoms with Gasteiger partial charge in [0, 0.05) is 42.3 Å². The highest BCUT2D eigenvalue weighted by Gasteiger charge is 2.57. The summed E-state index contributed by atoms with van der Waals surface area (Å²) in [6.45, 7) is 0. The summed E-state index contributed by atoms with van der Waals surface area (Å²) in [4.78, 5) is 45.2. The zero-order valence-electron chi connectivity index (χ0n) is 15.9. The van der Waals surface area contributed by atoms with Crippen LogP contribution in [0.5, 0.6) is 0 Å². The third kappa shape index (κ3) is 2.21. The summed E-state index contributed by atoms with van der Waals surface area (Å²) >= 11 is 0. The van der Waals surface area contributed by atoms with E-state index in [9.17, 15) is 40.2 Å². The fourth-order valence-corrected chi connectivity index (χ4v) is 5.01. The highest BCUT2D eigenvalue weighted by Crippen LogP contribution is 2.60. The van der Waals surface area contributed by atoms with Crippen LogP contribution in [0.25, 0.3) is 0 Å². The Labute approximate surface area is 178 Å². The molecule has 11 nitrogen and oxygen atoms in total. The van der Waals surface area contributed by atoms with Crippen molar-refractivity contribution in [3.63, 3.8) is 0 Å². The van der Waals surface area contributed by atoms with E-state index < -0.39 is 32.1 Å². The summed E-state index contributed by atoms with van der Waals surface area (Å²) in [5.74, 6) is -2.10. The summed E-state index contributed by atoms with van der Waals surface area (Å²) in [5, 5.41) is 44.7. The van der Waals surface area contributed by atoms with E-state index in [1.54, 1.807) is 0 Å². The van der Waals surface area contributed by atoms with Gasteiger partial charge in [-0.05, 0) is 33.4 Å². The van der Waals surface area contributed by atoms with Crippen LogP contribution in [0.3, 0.4) is 0 Å². The van der Waals surface area contributed by atoms with E-state index in [0.717, 1.165) is 0 Å². The lowest BCUT2D eigenvalue weighted by molar-refractivity contribution is -0.385. The molecule has 0 heterocycles. The van der Waals surface area contributed by atoms with Gasteiger partial charge >= 0.3 is 5.97 Å². The van der Waals surface area contributed by atoms with Crippen molar-refractivity contribution in [3.8, 4) is 0 Å². The van der Waals surface area contributed by atoms with Gasteiger partial charge in [-0.25, -0.2) is 0 Å². The van der Waals surface area contributed by atoms with E-state index in [0.29, 0.717) is 16.7 Å². The van der Waals surface area contributed by atoms with E-state index >= 15 is 0 Å². The zero-order chi connectivity index (χ0) is 22.9. The van der Waals surface area contributed by atoms with Crippen LogP contribution < -0.4 is 0 Å². The van der Waals surface area contributed by atoms with Gasteiger partial charge in [-0.1, -0.05) is 18.2 Å². The minimum Gasteiger partial charge on any atom is -0.480 e.